The van der Waals surface area contributed by atoms with Crippen LogP contribution in [-0.4, -0.2) is 19.0 Å². The lowest BCUT2D eigenvalue weighted by Gasteiger charge is -2.19. The van der Waals surface area contributed by atoms with E-state index >= 15 is 0 Å². The number of amides is 1. The number of nitrogens with zero attached hydrogens (tertiary/aromatic N) is 1. The largest absolute Gasteiger partial charge is 0.371 e. The smallest absolute Gasteiger partial charge is 0.224 e. The Morgan fingerprint density at radius 3 is 2.72 bits per heavy atom. The number of aryl methyl sites for hydroxylation is 1. The molecule has 18 heavy (non-hydrogen) atoms. The lowest BCUT2D eigenvalue weighted by molar-refractivity contribution is -0.116. The molecule has 0 aromatic heterocycles. The number of carbonyl (C=O) groups excluding carboxylic acids is 1. The van der Waals surface area contributed by atoms with E-state index in [1.807, 2.05) is 13.8 Å². The van der Waals surface area contributed by atoms with E-state index in [4.69, 9.17) is 0 Å². The Labute approximate surface area is 109 Å². The summed E-state index contributed by atoms with van der Waals surface area (Å²) in [6.07, 6.45) is 4.01. The second kappa shape index (κ2) is 5.89. The molecule has 1 aliphatic rings. The summed E-state index contributed by atoms with van der Waals surface area (Å²) in [4.78, 5) is 14.1. The van der Waals surface area contributed by atoms with Crippen LogP contribution in [0.2, 0.25) is 0 Å². The second-order valence-electron chi connectivity index (χ2n) is 4.99. The summed E-state index contributed by atoms with van der Waals surface area (Å²) >= 11 is 0. The van der Waals surface area contributed by atoms with Gasteiger partial charge in [0.1, 0.15) is 0 Å². The van der Waals surface area contributed by atoms with Gasteiger partial charge in [0.15, 0.2) is 0 Å². The number of hydrogen-bond acceptors (Lipinski definition) is 2. The highest BCUT2D eigenvalue weighted by Crippen LogP contribution is 2.26. The maximum Gasteiger partial charge on any atom is 0.224 e. The highest BCUT2D eigenvalue weighted by molar-refractivity contribution is 5.92. The fourth-order valence-corrected chi connectivity index (χ4v) is 2.36. The number of carbonyl (C=O) groups is 1. The molecular weight excluding hydrogens is 224 g/mol. The minimum atomic E-state index is 0.110. The van der Waals surface area contributed by atoms with E-state index in [0.717, 1.165) is 30.8 Å². The van der Waals surface area contributed by atoms with Crippen LogP contribution in [0.5, 0.6) is 0 Å². The summed E-state index contributed by atoms with van der Waals surface area (Å²) in [5.41, 5.74) is 3.31. The standard InChI is InChI=1S/C15H22N2O/c1-3-6-15(18)16-14-11-13(8-7-12(14)2)17-9-4-5-10-17/h7-8,11H,3-6,9-10H2,1-2H3,(H,16,18). The summed E-state index contributed by atoms with van der Waals surface area (Å²) < 4.78 is 0. The van der Waals surface area contributed by atoms with Gasteiger partial charge in [-0.25, -0.2) is 0 Å². The molecule has 3 heteroatoms. The molecule has 1 N–H and O–H groups in total. The first-order valence-corrected chi connectivity index (χ1v) is 6.86. The van der Waals surface area contributed by atoms with E-state index < -0.39 is 0 Å². The third-order valence-corrected chi connectivity index (χ3v) is 3.44. The van der Waals surface area contributed by atoms with Crippen molar-refractivity contribution in [2.75, 3.05) is 23.3 Å². The average molecular weight is 246 g/mol. The van der Waals surface area contributed by atoms with Crippen molar-refractivity contribution in [1.29, 1.82) is 0 Å². The van der Waals surface area contributed by atoms with Crippen LogP contribution in [0, 0.1) is 6.92 Å². The molecule has 1 heterocycles. The first kappa shape index (κ1) is 12.9. The summed E-state index contributed by atoms with van der Waals surface area (Å²) in [7, 11) is 0. The minimum absolute atomic E-state index is 0.110. The van der Waals surface area contributed by atoms with Crippen LogP contribution in [-0.2, 0) is 4.79 Å². The maximum atomic E-state index is 11.7. The zero-order valence-corrected chi connectivity index (χ0v) is 11.3. The molecule has 0 atom stereocenters. The van der Waals surface area contributed by atoms with Gasteiger partial charge in [-0.3, -0.25) is 4.79 Å². The molecule has 0 aliphatic carbocycles. The van der Waals surface area contributed by atoms with Gasteiger partial charge in [0.25, 0.3) is 0 Å². The Morgan fingerprint density at radius 1 is 1.33 bits per heavy atom. The normalized spacial score (nSPS) is 14.9. The average Bonchev–Trinajstić information content (AvgIpc) is 2.86. The molecule has 1 aromatic carbocycles. The topological polar surface area (TPSA) is 32.3 Å². The van der Waals surface area contributed by atoms with Gasteiger partial charge in [0.05, 0.1) is 0 Å². The van der Waals surface area contributed by atoms with Gasteiger partial charge >= 0.3 is 0 Å². The van der Waals surface area contributed by atoms with Gasteiger partial charge < -0.3 is 10.2 Å². The summed E-state index contributed by atoms with van der Waals surface area (Å²) in [6.45, 7) is 6.32. The van der Waals surface area contributed by atoms with Crippen molar-refractivity contribution in [2.24, 2.45) is 0 Å². The van der Waals surface area contributed by atoms with Crippen molar-refractivity contribution in [1.82, 2.24) is 0 Å². The van der Waals surface area contributed by atoms with Crippen molar-refractivity contribution in [3.8, 4) is 0 Å². The second-order valence-corrected chi connectivity index (χ2v) is 4.99. The molecule has 0 unspecified atom stereocenters. The van der Waals surface area contributed by atoms with E-state index in [-0.39, 0.29) is 5.91 Å². The van der Waals surface area contributed by atoms with E-state index in [2.05, 4.69) is 28.4 Å². The van der Waals surface area contributed by atoms with Crippen molar-refractivity contribution >= 4 is 17.3 Å². The molecule has 1 amide bonds. The number of benzene rings is 1. The molecule has 0 spiro atoms. The van der Waals surface area contributed by atoms with Gasteiger partial charge in [0, 0.05) is 30.9 Å². The first-order valence-electron chi connectivity index (χ1n) is 6.86. The van der Waals surface area contributed by atoms with E-state index in [1.54, 1.807) is 0 Å². The van der Waals surface area contributed by atoms with Crippen LogP contribution in [0.3, 0.4) is 0 Å². The molecule has 1 aromatic rings. The van der Waals surface area contributed by atoms with Crippen LogP contribution in [0.15, 0.2) is 18.2 Å². The van der Waals surface area contributed by atoms with Gasteiger partial charge in [-0.2, -0.15) is 0 Å². The van der Waals surface area contributed by atoms with Crippen molar-refractivity contribution < 1.29 is 4.79 Å². The van der Waals surface area contributed by atoms with Crippen LogP contribution in [0.1, 0.15) is 38.2 Å². The van der Waals surface area contributed by atoms with Crippen molar-refractivity contribution in [3.63, 3.8) is 0 Å². The third-order valence-electron chi connectivity index (χ3n) is 3.44. The number of anilines is 2. The molecule has 98 valence electrons. The fourth-order valence-electron chi connectivity index (χ4n) is 2.36. The van der Waals surface area contributed by atoms with Crippen LogP contribution in [0.4, 0.5) is 11.4 Å². The molecule has 3 nitrogen and oxygen atoms in total. The highest BCUT2D eigenvalue weighted by atomic mass is 16.1. The van der Waals surface area contributed by atoms with Gasteiger partial charge in [-0.15, -0.1) is 0 Å². The Hall–Kier alpha value is -1.51. The van der Waals surface area contributed by atoms with Crippen LogP contribution >= 0.6 is 0 Å². The summed E-state index contributed by atoms with van der Waals surface area (Å²) in [5.74, 6) is 0.110. The zero-order chi connectivity index (χ0) is 13.0. The predicted octanol–water partition coefficient (Wildman–Crippen LogP) is 3.33. The Balaban J connectivity index is 2.13. The quantitative estimate of drug-likeness (QED) is 0.883. The molecular formula is C15H22N2O. The van der Waals surface area contributed by atoms with E-state index in [1.165, 1.54) is 18.5 Å². The van der Waals surface area contributed by atoms with Crippen LogP contribution < -0.4 is 10.2 Å². The number of rotatable bonds is 4. The Kier molecular flexibility index (Phi) is 4.24. The first-order chi connectivity index (χ1) is 8.70. The lowest BCUT2D eigenvalue weighted by Crippen LogP contribution is -2.18. The van der Waals surface area contributed by atoms with Gasteiger partial charge in [-0.1, -0.05) is 13.0 Å². The predicted molar refractivity (Wildman–Crippen MR) is 76.2 cm³/mol. The SMILES string of the molecule is CCCC(=O)Nc1cc(N2CCCC2)ccc1C. The Morgan fingerprint density at radius 2 is 2.06 bits per heavy atom. The summed E-state index contributed by atoms with van der Waals surface area (Å²) in [6, 6.07) is 6.35. The van der Waals surface area contributed by atoms with Crippen molar-refractivity contribution in [3.05, 3.63) is 23.8 Å². The van der Waals surface area contributed by atoms with Crippen LogP contribution in [0.25, 0.3) is 0 Å². The zero-order valence-electron chi connectivity index (χ0n) is 11.3. The molecule has 1 saturated heterocycles. The van der Waals surface area contributed by atoms with Gasteiger partial charge in [-0.05, 0) is 43.9 Å². The summed E-state index contributed by atoms with van der Waals surface area (Å²) in [5, 5.41) is 3.01. The molecule has 1 aliphatic heterocycles. The molecule has 1 fully saturated rings. The van der Waals surface area contributed by atoms with Crippen molar-refractivity contribution in [2.45, 2.75) is 39.5 Å². The monoisotopic (exact) mass is 246 g/mol. The van der Waals surface area contributed by atoms with Gasteiger partial charge in [0.2, 0.25) is 5.91 Å². The number of nitrogens with one attached hydrogen (secondary N) is 1. The molecule has 0 saturated carbocycles. The van der Waals surface area contributed by atoms with E-state index in [9.17, 15) is 4.79 Å². The number of hydrogen-bond donors (Lipinski definition) is 1. The third kappa shape index (κ3) is 3.03. The Bertz CT molecular complexity index is 423. The molecule has 0 radical (unpaired) electrons. The lowest BCUT2D eigenvalue weighted by atomic mass is 10.1. The van der Waals surface area contributed by atoms with E-state index in [0.29, 0.717) is 6.42 Å². The maximum absolute atomic E-state index is 11.7. The molecule has 2 rings (SSSR count). The fraction of sp³-hybridized carbons (Fsp3) is 0.533. The highest BCUT2D eigenvalue weighted by Gasteiger charge is 2.13. The minimum Gasteiger partial charge on any atom is -0.371 e. The molecule has 0 bridgehead atoms.